The van der Waals surface area contributed by atoms with Crippen LogP contribution in [0.15, 0.2) is 18.2 Å². The Morgan fingerprint density at radius 1 is 1.35 bits per heavy atom. The quantitative estimate of drug-likeness (QED) is 0.660. The van der Waals surface area contributed by atoms with Crippen molar-refractivity contribution in [1.29, 1.82) is 0 Å². The second-order valence-electron chi connectivity index (χ2n) is 5.87. The topological polar surface area (TPSA) is 75.6 Å². The van der Waals surface area contributed by atoms with Gasteiger partial charge in [0.25, 0.3) is 0 Å². The van der Waals surface area contributed by atoms with E-state index in [1.54, 1.807) is 20.8 Å². The molecule has 1 aromatic carbocycles. The molecule has 0 aliphatic rings. The smallest absolute Gasteiger partial charge is 0.407 e. The molecular formula is C17H20FNO4. The molecule has 0 radical (unpaired) electrons. The van der Waals surface area contributed by atoms with Gasteiger partial charge in [0.2, 0.25) is 0 Å². The minimum atomic E-state index is -1.02. The van der Waals surface area contributed by atoms with Crippen molar-refractivity contribution in [2.45, 2.75) is 39.2 Å². The van der Waals surface area contributed by atoms with E-state index in [9.17, 15) is 14.0 Å². The first-order valence-corrected chi connectivity index (χ1v) is 7.13. The first-order valence-electron chi connectivity index (χ1n) is 7.13. The first kappa shape index (κ1) is 18.5. The summed E-state index contributed by atoms with van der Waals surface area (Å²) >= 11 is 0. The van der Waals surface area contributed by atoms with E-state index in [0.717, 1.165) is 6.07 Å². The Morgan fingerprint density at radius 2 is 2.04 bits per heavy atom. The Hall–Kier alpha value is -2.55. The van der Waals surface area contributed by atoms with Crippen molar-refractivity contribution in [2.24, 2.45) is 0 Å². The molecule has 2 N–H and O–H groups in total. The van der Waals surface area contributed by atoms with Crippen LogP contribution in [0.1, 0.15) is 38.3 Å². The summed E-state index contributed by atoms with van der Waals surface area (Å²) in [7, 11) is 0. The fourth-order valence-corrected chi connectivity index (χ4v) is 1.64. The van der Waals surface area contributed by atoms with Gasteiger partial charge in [0, 0.05) is 13.0 Å². The number of benzene rings is 1. The Balaban J connectivity index is 2.48. The molecule has 0 unspecified atom stereocenters. The van der Waals surface area contributed by atoms with Gasteiger partial charge >= 0.3 is 12.1 Å². The molecule has 0 bridgehead atoms. The summed E-state index contributed by atoms with van der Waals surface area (Å²) in [6.45, 7) is 5.59. The summed E-state index contributed by atoms with van der Waals surface area (Å²) in [5.41, 5.74) is 0.0138. The van der Waals surface area contributed by atoms with Gasteiger partial charge in [0.15, 0.2) is 0 Å². The number of ether oxygens (including phenoxy) is 1. The van der Waals surface area contributed by atoms with Crippen LogP contribution in [0.2, 0.25) is 0 Å². The lowest BCUT2D eigenvalue weighted by molar-refractivity contribution is -0.136. The highest BCUT2D eigenvalue weighted by Gasteiger charge is 2.15. The van der Waals surface area contributed by atoms with Gasteiger partial charge in [0.05, 0.1) is 12.0 Å². The largest absolute Gasteiger partial charge is 0.481 e. The molecule has 124 valence electrons. The molecule has 6 heteroatoms. The Bertz CT molecular complexity index is 638. The van der Waals surface area contributed by atoms with E-state index in [2.05, 4.69) is 17.2 Å². The molecule has 23 heavy (non-hydrogen) atoms. The van der Waals surface area contributed by atoms with Crippen LogP contribution in [0.4, 0.5) is 9.18 Å². The zero-order chi connectivity index (χ0) is 17.5. The van der Waals surface area contributed by atoms with Gasteiger partial charge < -0.3 is 15.2 Å². The first-order chi connectivity index (χ1) is 10.7. The molecule has 0 aliphatic carbocycles. The number of hydrogen-bond donors (Lipinski definition) is 2. The molecule has 1 amide bonds. The fraction of sp³-hybridized carbons (Fsp3) is 0.412. The maximum atomic E-state index is 13.7. The summed E-state index contributed by atoms with van der Waals surface area (Å²) in [6, 6.07) is 4.14. The number of carboxylic acids is 1. The molecule has 0 fully saturated rings. The molecule has 0 saturated carbocycles. The average Bonchev–Trinajstić information content (AvgIpc) is 2.37. The van der Waals surface area contributed by atoms with Crippen molar-refractivity contribution < 1.29 is 23.8 Å². The summed E-state index contributed by atoms with van der Waals surface area (Å²) in [6.07, 6.45) is -0.413. The number of nitrogens with one attached hydrogen (secondary N) is 1. The maximum absolute atomic E-state index is 13.7. The summed E-state index contributed by atoms with van der Waals surface area (Å²) in [5, 5.41) is 11.2. The molecule has 5 nitrogen and oxygen atoms in total. The van der Waals surface area contributed by atoms with Crippen molar-refractivity contribution in [1.82, 2.24) is 5.32 Å². The molecule has 0 aromatic heterocycles. The average molecular weight is 321 g/mol. The Morgan fingerprint density at radius 3 is 2.61 bits per heavy atom. The lowest BCUT2D eigenvalue weighted by Crippen LogP contribution is -2.32. The van der Waals surface area contributed by atoms with Crippen LogP contribution >= 0.6 is 0 Å². The second kappa shape index (κ2) is 8.18. The molecule has 0 spiro atoms. The second-order valence-corrected chi connectivity index (χ2v) is 5.87. The van der Waals surface area contributed by atoms with Gasteiger partial charge in [-0.25, -0.2) is 9.18 Å². The minimum absolute atomic E-state index is 0.191. The van der Waals surface area contributed by atoms with Crippen molar-refractivity contribution >= 4 is 12.1 Å². The van der Waals surface area contributed by atoms with Gasteiger partial charge in [-0.2, -0.15) is 0 Å². The summed E-state index contributed by atoms with van der Waals surface area (Å²) in [4.78, 5) is 21.9. The SMILES string of the molecule is CC(C)(C)OC(=O)NCCC#Cc1ccc(CC(=O)O)cc1F. The van der Waals surface area contributed by atoms with E-state index in [-0.39, 0.29) is 12.0 Å². The third-order valence-electron chi connectivity index (χ3n) is 2.53. The summed E-state index contributed by atoms with van der Waals surface area (Å²) in [5.74, 6) is 3.82. The lowest BCUT2D eigenvalue weighted by atomic mass is 10.1. The van der Waals surface area contributed by atoms with E-state index in [1.165, 1.54) is 12.1 Å². The molecule has 0 aliphatic heterocycles. The van der Waals surface area contributed by atoms with Crippen LogP contribution in [0.5, 0.6) is 0 Å². The minimum Gasteiger partial charge on any atom is -0.481 e. The third-order valence-corrected chi connectivity index (χ3v) is 2.53. The molecule has 0 saturated heterocycles. The highest BCUT2D eigenvalue weighted by Crippen LogP contribution is 2.10. The molecular weight excluding hydrogens is 301 g/mol. The third kappa shape index (κ3) is 7.86. The van der Waals surface area contributed by atoms with Gasteiger partial charge in [0.1, 0.15) is 11.4 Å². The van der Waals surface area contributed by atoms with Crippen LogP contribution in [-0.4, -0.2) is 29.3 Å². The van der Waals surface area contributed by atoms with Crippen molar-refractivity contribution in [3.8, 4) is 11.8 Å². The zero-order valence-corrected chi connectivity index (χ0v) is 13.4. The van der Waals surface area contributed by atoms with Gasteiger partial charge in [-0.05, 0) is 38.5 Å². The molecule has 0 heterocycles. The number of alkyl carbamates (subject to hydrolysis) is 1. The van der Waals surface area contributed by atoms with E-state index >= 15 is 0 Å². The van der Waals surface area contributed by atoms with Crippen LogP contribution in [0.3, 0.4) is 0 Å². The van der Waals surface area contributed by atoms with Gasteiger partial charge in [-0.3, -0.25) is 4.79 Å². The number of amides is 1. The lowest BCUT2D eigenvalue weighted by Gasteiger charge is -2.19. The fourth-order valence-electron chi connectivity index (χ4n) is 1.64. The summed E-state index contributed by atoms with van der Waals surface area (Å²) < 4.78 is 18.8. The van der Waals surface area contributed by atoms with Gasteiger partial charge in [-0.15, -0.1) is 0 Å². The van der Waals surface area contributed by atoms with Crippen LogP contribution < -0.4 is 5.32 Å². The molecule has 0 atom stereocenters. The normalized spacial score (nSPS) is 10.4. The zero-order valence-electron chi connectivity index (χ0n) is 13.4. The number of aliphatic carboxylic acids is 1. The predicted molar refractivity (Wildman–Crippen MR) is 83.5 cm³/mol. The van der Waals surface area contributed by atoms with E-state index in [4.69, 9.17) is 9.84 Å². The van der Waals surface area contributed by atoms with Crippen molar-refractivity contribution in [3.63, 3.8) is 0 Å². The Labute approximate surface area is 134 Å². The number of carbonyl (C=O) groups excluding carboxylic acids is 1. The number of carbonyl (C=O) groups is 2. The highest BCUT2D eigenvalue weighted by molar-refractivity contribution is 5.70. The monoisotopic (exact) mass is 321 g/mol. The number of hydrogen-bond acceptors (Lipinski definition) is 3. The van der Waals surface area contributed by atoms with Crippen molar-refractivity contribution in [3.05, 3.63) is 35.1 Å². The molecule has 1 aromatic rings. The van der Waals surface area contributed by atoms with Gasteiger partial charge in [-0.1, -0.05) is 17.9 Å². The maximum Gasteiger partial charge on any atom is 0.407 e. The Kier molecular flexibility index (Phi) is 6.58. The van der Waals surface area contributed by atoms with Crippen LogP contribution in [0, 0.1) is 17.7 Å². The van der Waals surface area contributed by atoms with E-state index in [0.29, 0.717) is 18.5 Å². The predicted octanol–water partition coefficient (Wildman–Crippen LogP) is 2.72. The van der Waals surface area contributed by atoms with Crippen molar-refractivity contribution in [2.75, 3.05) is 6.54 Å². The number of rotatable bonds is 4. The molecule has 1 rings (SSSR count). The number of halogens is 1. The van der Waals surface area contributed by atoms with E-state index in [1.807, 2.05) is 0 Å². The van der Waals surface area contributed by atoms with Crippen LogP contribution in [0.25, 0.3) is 0 Å². The number of carboxylic acid groups (broad SMARTS) is 1. The highest BCUT2D eigenvalue weighted by atomic mass is 19.1. The van der Waals surface area contributed by atoms with Crippen LogP contribution in [-0.2, 0) is 16.0 Å². The standard InChI is InChI=1S/C17H20FNO4/c1-17(2,3)23-16(22)19-9-5-4-6-13-8-7-12(10-14(13)18)11-15(20)21/h7-8,10H,5,9,11H2,1-3H3,(H,19,22)(H,20,21). The van der Waals surface area contributed by atoms with E-state index < -0.39 is 23.5 Å².